The Kier molecular flexibility index (Phi) is 7.03. The summed E-state index contributed by atoms with van der Waals surface area (Å²) in [6.07, 6.45) is -0.0409. The van der Waals surface area contributed by atoms with Crippen molar-refractivity contribution in [1.82, 2.24) is 10.6 Å². The van der Waals surface area contributed by atoms with E-state index in [0.29, 0.717) is 17.3 Å². The van der Waals surface area contributed by atoms with Gasteiger partial charge in [0.15, 0.2) is 0 Å². The summed E-state index contributed by atoms with van der Waals surface area (Å²) in [5.41, 5.74) is 0.311. The van der Waals surface area contributed by atoms with Gasteiger partial charge in [0, 0.05) is 35.8 Å². The quantitative estimate of drug-likeness (QED) is 0.692. The van der Waals surface area contributed by atoms with Crippen molar-refractivity contribution in [2.45, 2.75) is 32.7 Å². The first-order chi connectivity index (χ1) is 13.5. The molecule has 0 saturated heterocycles. The third kappa shape index (κ3) is 6.99. The number of hydrogen-bond donors (Lipinski definition) is 3. The molecule has 3 N–H and O–H groups in total. The molecule has 0 aliphatic carbocycles. The summed E-state index contributed by atoms with van der Waals surface area (Å²) < 4.78 is 26.4. The highest BCUT2D eigenvalue weighted by Crippen LogP contribution is 2.12. The van der Waals surface area contributed by atoms with Crippen LogP contribution >= 0.6 is 0 Å². The fourth-order valence-electron chi connectivity index (χ4n) is 2.40. The maximum Gasteiger partial charge on any atom is 0.254 e. The second kappa shape index (κ2) is 9.27. The summed E-state index contributed by atoms with van der Waals surface area (Å²) in [6.45, 7) is 5.61. The van der Waals surface area contributed by atoms with Gasteiger partial charge >= 0.3 is 0 Å². The van der Waals surface area contributed by atoms with Crippen LogP contribution in [0.25, 0.3) is 0 Å². The highest BCUT2D eigenvalue weighted by Gasteiger charge is 2.15. The van der Waals surface area contributed by atoms with Crippen molar-refractivity contribution in [1.29, 1.82) is 0 Å². The molecule has 154 valence electrons. The summed E-state index contributed by atoms with van der Waals surface area (Å²) in [4.78, 5) is 35.9. The van der Waals surface area contributed by atoms with Gasteiger partial charge in [0.1, 0.15) is 11.6 Å². The van der Waals surface area contributed by atoms with E-state index in [1.807, 2.05) is 20.8 Å². The number of carbonyl (C=O) groups is 3. The van der Waals surface area contributed by atoms with E-state index in [1.54, 1.807) is 24.3 Å². The molecule has 2 aromatic rings. The molecule has 0 spiro atoms. The van der Waals surface area contributed by atoms with Crippen LogP contribution < -0.4 is 16.0 Å². The first kappa shape index (κ1) is 22.0. The van der Waals surface area contributed by atoms with Crippen molar-refractivity contribution in [3.05, 3.63) is 65.2 Å². The molecule has 0 aliphatic heterocycles. The Balaban J connectivity index is 1.82. The highest BCUT2D eigenvalue weighted by atomic mass is 19.1. The van der Waals surface area contributed by atoms with Crippen LogP contribution in [0, 0.1) is 11.6 Å². The van der Waals surface area contributed by atoms with Crippen LogP contribution in [0.5, 0.6) is 0 Å². The molecule has 0 unspecified atom stereocenters. The Morgan fingerprint density at radius 3 is 2.17 bits per heavy atom. The van der Waals surface area contributed by atoms with Crippen molar-refractivity contribution in [2.75, 3.05) is 11.9 Å². The number of amides is 3. The van der Waals surface area contributed by atoms with Crippen LogP contribution in [0.15, 0.2) is 42.5 Å². The second-order valence-electron chi connectivity index (χ2n) is 7.46. The van der Waals surface area contributed by atoms with Crippen molar-refractivity contribution in [2.24, 2.45) is 0 Å². The third-order valence-corrected chi connectivity index (χ3v) is 3.73. The van der Waals surface area contributed by atoms with E-state index in [2.05, 4.69) is 16.0 Å². The number of carbonyl (C=O) groups excluding carboxylic acids is 3. The van der Waals surface area contributed by atoms with Crippen molar-refractivity contribution in [3.8, 4) is 0 Å². The molecule has 0 fully saturated rings. The monoisotopic (exact) mass is 403 g/mol. The van der Waals surface area contributed by atoms with E-state index in [1.165, 1.54) is 0 Å². The molecule has 0 heterocycles. The Labute approximate surface area is 167 Å². The van der Waals surface area contributed by atoms with Crippen LogP contribution in [0.4, 0.5) is 14.5 Å². The smallest absolute Gasteiger partial charge is 0.254 e. The predicted octanol–water partition coefficient (Wildman–Crippen LogP) is 3.25. The van der Waals surface area contributed by atoms with E-state index in [-0.39, 0.29) is 35.9 Å². The lowest BCUT2D eigenvalue weighted by atomic mass is 10.1. The minimum absolute atomic E-state index is 0.0203. The molecule has 2 aromatic carbocycles. The topological polar surface area (TPSA) is 87.3 Å². The highest BCUT2D eigenvalue weighted by molar-refractivity contribution is 5.97. The molecule has 0 aromatic heterocycles. The van der Waals surface area contributed by atoms with Gasteiger partial charge in [0.2, 0.25) is 5.91 Å². The number of halogens is 2. The normalized spacial score (nSPS) is 10.9. The molecule has 29 heavy (non-hydrogen) atoms. The molecule has 6 nitrogen and oxygen atoms in total. The summed E-state index contributed by atoms with van der Waals surface area (Å²) in [7, 11) is 0. The van der Waals surface area contributed by atoms with Gasteiger partial charge in [-0.2, -0.15) is 0 Å². The second-order valence-corrected chi connectivity index (χ2v) is 7.46. The molecule has 3 amide bonds. The Morgan fingerprint density at radius 2 is 1.59 bits per heavy atom. The maximum atomic E-state index is 13.5. The number of rotatable bonds is 6. The zero-order valence-corrected chi connectivity index (χ0v) is 16.4. The Hall–Kier alpha value is -3.29. The number of anilines is 1. The lowest BCUT2D eigenvalue weighted by Crippen LogP contribution is -2.40. The number of nitrogens with one attached hydrogen (secondary N) is 3. The SMILES string of the molecule is CC(C)(C)NC(=O)c1ccc(NC(=O)CCNC(=O)c2ccc(F)cc2F)cc1. The van der Waals surface area contributed by atoms with Crippen LogP contribution in [-0.2, 0) is 4.79 Å². The summed E-state index contributed by atoms with van der Waals surface area (Å²) in [5.74, 6) is -3.06. The molecule has 0 saturated carbocycles. The van der Waals surface area contributed by atoms with E-state index in [9.17, 15) is 23.2 Å². The molecular weight excluding hydrogens is 380 g/mol. The summed E-state index contributed by atoms with van der Waals surface area (Å²) in [5, 5.41) is 7.89. The van der Waals surface area contributed by atoms with Gasteiger partial charge < -0.3 is 16.0 Å². The van der Waals surface area contributed by atoms with Gasteiger partial charge in [-0.15, -0.1) is 0 Å². The number of hydrogen-bond acceptors (Lipinski definition) is 3. The average Bonchev–Trinajstić information content (AvgIpc) is 2.60. The molecule has 0 atom stereocenters. The summed E-state index contributed by atoms with van der Waals surface area (Å²) >= 11 is 0. The van der Waals surface area contributed by atoms with Crippen LogP contribution in [0.1, 0.15) is 47.9 Å². The van der Waals surface area contributed by atoms with Gasteiger partial charge in [-0.3, -0.25) is 14.4 Å². The average molecular weight is 403 g/mol. The van der Waals surface area contributed by atoms with Crippen molar-refractivity contribution < 1.29 is 23.2 Å². The molecule has 2 rings (SSSR count). The van der Waals surface area contributed by atoms with Crippen LogP contribution in [0.2, 0.25) is 0 Å². The van der Waals surface area contributed by atoms with Crippen LogP contribution in [0.3, 0.4) is 0 Å². The standard InChI is InChI=1S/C21H23F2N3O3/c1-21(2,3)26-19(28)13-4-7-15(8-5-13)25-18(27)10-11-24-20(29)16-9-6-14(22)12-17(16)23/h4-9,12H,10-11H2,1-3H3,(H,24,29)(H,25,27)(H,26,28). The first-order valence-electron chi connectivity index (χ1n) is 9.01. The fraction of sp³-hybridized carbons (Fsp3) is 0.286. The molecule has 0 aliphatic rings. The van der Waals surface area contributed by atoms with E-state index in [4.69, 9.17) is 0 Å². The van der Waals surface area contributed by atoms with Crippen molar-refractivity contribution >= 4 is 23.4 Å². The van der Waals surface area contributed by atoms with Gasteiger partial charge in [0.05, 0.1) is 5.56 Å². The lowest BCUT2D eigenvalue weighted by molar-refractivity contribution is -0.116. The van der Waals surface area contributed by atoms with Crippen LogP contribution in [-0.4, -0.2) is 29.8 Å². The molecule has 0 bridgehead atoms. The number of benzene rings is 2. The van der Waals surface area contributed by atoms with E-state index < -0.39 is 17.5 Å². The van der Waals surface area contributed by atoms with Gasteiger partial charge in [0.25, 0.3) is 11.8 Å². The van der Waals surface area contributed by atoms with E-state index in [0.717, 1.165) is 12.1 Å². The zero-order chi connectivity index (χ0) is 21.6. The van der Waals surface area contributed by atoms with Gasteiger partial charge in [-0.05, 0) is 57.2 Å². The predicted molar refractivity (Wildman–Crippen MR) is 106 cm³/mol. The van der Waals surface area contributed by atoms with E-state index >= 15 is 0 Å². The minimum atomic E-state index is -0.970. The van der Waals surface area contributed by atoms with Gasteiger partial charge in [-0.1, -0.05) is 0 Å². The molecular formula is C21H23F2N3O3. The molecule has 0 radical (unpaired) electrons. The minimum Gasteiger partial charge on any atom is -0.351 e. The third-order valence-electron chi connectivity index (χ3n) is 3.73. The summed E-state index contributed by atoms with van der Waals surface area (Å²) in [6, 6.07) is 9.02. The molecule has 8 heteroatoms. The largest absolute Gasteiger partial charge is 0.351 e. The fourth-order valence-corrected chi connectivity index (χ4v) is 2.40. The Bertz CT molecular complexity index is 906. The first-order valence-corrected chi connectivity index (χ1v) is 9.01. The van der Waals surface area contributed by atoms with Gasteiger partial charge in [-0.25, -0.2) is 8.78 Å². The maximum absolute atomic E-state index is 13.5. The Morgan fingerprint density at radius 1 is 0.931 bits per heavy atom. The lowest BCUT2D eigenvalue weighted by Gasteiger charge is -2.20. The zero-order valence-electron chi connectivity index (χ0n) is 16.4. The van der Waals surface area contributed by atoms with Crippen molar-refractivity contribution in [3.63, 3.8) is 0 Å².